The van der Waals surface area contributed by atoms with Gasteiger partial charge in [-0.25, -0.2) is 4.98 Å². The Kier molecular flexibility index (Phi) is 6.14. The molecule has 1 saturated heterocycles. The summed E-state index contributed by atoms with van der Waals surface area (Å²) in [6.45, 7) is 11.0. The number of ether oxygens (including phenoxy) is 1. The highest BCUT2D eigenvalue weighted by atomic mass is 16.5. The van der Waals surface area contributed by atoms with Crippen LogP contribution < -0.4 is 4.74 Å². The molecule has 36 heavy (non-hydrogen) atoms. The Hall–Kier alpha value is -3.73. The minimum absolute atomic E-state index is 0.668. The van der Waals surface area contributed by atoms with Gasteiger partial charge in [0.15, 0.2) is 0 Å². The molecule has 1 aromatic heterocycles. The second-order valence-electron chi connectivity index (χ2n) is 10.2. The van der Waals surface area contributed by atoms with Gasteiger partial charge in [0.2, 0.25) is 0 Å². The molecule has 3 aromatic carbocycles. The lowest BCUT2D eigenvalue weighted by Crippen LogP contribution is -2.41. The second kappa shape index (κ2) is 9.73. The van der Waals surface area contributed by atoms with Crippen molar-refractivity contribution in [3.05, 3.63) is 96.1 Å². The van der Waals surface area contributed by atoms with Crippen LogP contribution in [-0.2, 0) is 13.0 Å². The van der Waals surface area contributed by atoms with Crippen molar-refractivity contribution >= 4 is 11.0 Å². The van der Waals surface area contributed by atoms with Gasteiger partial charge in [-0.1, -0.05) is 49.0 Å². The highest BCUT2D eigenvalue weighted by Gasteiger charge is 2.25. The average Bonchev–Trinajstić information content (AvgIpc) is 3.14. The van der Waals surface area contributed by atoms with Crippen LogP contribution in [0.25, 0.3) is 22.2 Å². The van der Waals surface area contributed by atoms with Crippen molar-refractivity contribution in [2.24, 2.45) is 5.92 Å². The van der Waals surface area contributed by atoms with Crippen LogP contribution in [0.3, 0.4) is 0 Å². The predicted octanol–water partition coefficient (Wildman–Crippen LogP) is 6.16. The lowest BCUT2D eigenvalue weighted by atomic mass is 9.91. The van der Waals surface area contributed by atoms with Crippen LogP contribution in [0.1, 0.15) is 29.8 Å². The number of rotatable bonds is 5. The molecule has 0 radical (unpaired) electrons. The van der Waals surface area contributed by atoms with Crippen LogP contribution in [-0.4, -0.2) is 46.0 Å². The molecule has 0 saturated carbocycles. The number of hydrogen-bond donors (Lipinski definition) is 1. The zero-order valence-corrected chi connectivity index (χ0v) is 21.0. The molecule has 6 rings (SSSR count). The predicted molar refractivity (Wildman–Crippen MR) is 146 cm³/mol. The summed E-state index contributed by atoms with van der Waals surface area (Å²) in [6.07, 6.45) is 3.64. The molecule has 4 aromatic rings. The Labute approximate surface area is 213 Å². The number of piperidine rings is 1. The fourth-order valence-corrected chi connectivity index (χ4v) is 5.72. The molecular formula is C31H34N4O. The van der Waals surface area contributed by atoms with Gasteiger partial charge in [-0.05, 0) is 73.1 Å². The monoisotopic (exact) mass is 478 g/mol. The van der Waals surface area contributed by atoms with Crippen molar-refractivity contribution in [1.29, 1.82) is 0 Å². The number of aromatic amines is 1. The highest BCUT2D eigenvalue weighted by molar-refractivity contribution is 5.82. The van der Waals surface area contributed by atoms with E-state index in [9.17, 15) is 0 Å². The van der Waals surface area contributed by atoms with Crippen LogP contribution in [0.2, 0.25) is 0 Å². The molecule has 1 unspecified atom stereocenters. The number of fused-ring (bicyclic) bond motifs is 2. The topological polar surface area (TPSA) is 44.4 Å². The molecule has 0 bridgehead atoms. The molecule has 2 aliphatic heterocycles. The molecule has 184 valence electrons. The van der Waals surface area contributed by atoms with E-state index < -0.39 is 0 Å². The van der Waals surface area contributed by atoms with Crippen LogP contribution in [0.5, 0.6) is 5.75 Å². The molecule has 5 heteroatoms. The van der Waals surface area contributed by atoms with Gasteiger partial charge in [-0.2, -0.15) is 0 Å². The quantitative estimate of drug-likeness (QED) is 0.373. The van der Waals surface area contributed by atoms with Crippen molar-refractivity contribution in [1.82, 2.24) is 19.8 Å². The van der Waals surface area contributed by atoms with E-state index in [-0.39, 0.29) is 0 Å². The second-order valence-corrected chi connectivity index (χ2v) is 10.2. The maximum atomic E-state index is 6.16. The lowest BCUT2D eigenvalue weighted by Gasteiger charge is -2.40. The number of imidazole rings is 1. The van der Waals surface area contributed by atoms with E-state index in [1.54, 1.807) is 0 Å². The van der Waals surface area contributed by atoms with E-state index in [0.717, 1.165) is 61.0 Å². The number of hydrogen-bond acceptors (Lipinski definition) is 4. The van der Waals surface area contributed by atoms with E-state index in [1.807, 2.05) is 6.92 Å². The van der Waals surface area contributed by atoms with E-state index in [0.29, 0.717) is 12.5 Å². The molecule has 1 atom stereocenters. The molecule has 1 N–H and O–H groups in total. The summed E-state index contributed by atoms with van der Waals surface area (Å²) >= 11 is 0. The largest absolute Gasteiger partial charge is 0.491 e. The smallest absolute Gasteiger partial charge is 0.124 e. The number of likely N-dealkylation sites (tertiary alicyclic amines) is 1. The number of aromatic nitrogens is 2. The minimum atomic E-state index is 0.668. The van der Waals surface area contributed by atoms with Gasteiger partial charge in [0, 0.05) is 25.2 Å². The van der Waals surface area contributed by atoms with E-state index in [4.69, 9.17) is 4.74 Å². The first-order valence-corrected chi connectivity index (χ1v) is 13.1. The van der Waals surface area contributed by atoms with Gasteiger partial charge in [0.05, 0.1) is 23.4 Å². The maximum absolute atomic E-state index is 6.16. The van der Waals surface area contributed by atoms with E-state index >= 15 is 0 Å². The van der Waals surface area contributed by atoms with Crippen LogP contribution in [0, 0.1) is 12.8 Å². The Morgan fingerprint density at radius 1 is 1.03 bits per heavy atom. The molecule has 2 aliphatic rings. The summed E-state index contributed by atoms with van der Waals surface area (Å²) in [4.78, 5) is 12.8. The molecule has 1 fully saturated rings. The Morgan fingerprint density at radius 3 is 2.75 bits per heavy atom. The first-order chi connectivity index (χ1) is 17.6. The summed E-state index contributed by atoms with van der Waals surface area (Å²) in [7, 11) is 0. The third-order valence-electron chi connectivity index (χ3n) is 7.59. The summed E-state index contributed by atoms with van der Waals surface area (Å²) in [5.74, 6) is 3.72. The van der Waals surface area contributed by atoms with Crippen LogP contribution in [0.15, 0.2) is 79.1 Å². The fraction of sp³-hybridized carbons (Fsp3) is 0.323. The number of nitrogens with zero attached hydrogens (tertiary/aromatic N) is 3. The summed E-state index contributed by atoms with van der Waals surface area (Å²) in [5, 5.41) is 0. The highest BCUT2D eigenvalue weighted by Crippen LogP contribution is 2.32. The minimum Gasteiger partial charge on any atom is -0.491 e. The molecule has 3 heterocycles. The van der Waals surface area contributed by atoms with Crippen LogP contribution in [0.4, 0.5) is 0 Å². The number of nitrogens with one attached hydrogen (secondary N) is 1. The molecule has 5 nitrogen and oxygen atoms in total. The Morgan fingerprint density at radius 2 is 1.86 bits per heavy atom. The maximum Gasteiger partial charge on any atom is 0.124 e. The van der Waals surface area contributed by atoms with Gasteiger partial charge >= 0.3 is 0 Å². The number of aryl methyl sites for hydroxylation is 1. The first kappa shape index (κ1) is 22.7. The molecule has 0 spiro atoms. The molecular weight excluding hydrogens is 444 g/mol. The molecule has 0 aliphatic carbocycles. The van der Waals surface area contributed by atoms with Crippen molar-refractivity contribution in [2.75, 3.05) is 26.2 Å². The average molecular weight is 479 g/mol. The summed E-state index contributed by atoms with van der Waals surface area (Å²) in [5.41, 5.74) is 7.10. The standard InChI is InChI=1S/C31H34N4O/c1-22-32-29-12-10-27(19-30(29)33-22)26-11-13-31-28(18-26)21-35(15-16-36-31)23(2)34-14-6-9-25(20-34)17-24-7-4-3-5-8-24/h3-5,7-8,10-13,18-19,25H,2,6,9,14-17,20-21H2,1H3,(H,32,33). The summed E-state index contributed by atoms with van der Waals surface area (Å²) < 4.78 is 6.16. The SMILES string of the molecule is C=C(N1CCOc2ccc(-c3ccc4nc(C)[nH]c4c3)cc2C1)N1CCCC(Cc2ccccc2)C1. The molecule has 0 amide bonds. The third-order valence-corrected chi connectivity index (χ3v) is 7.59. The van der Waals surface area contributed by atoms with Gasteiger partial charge in [-0.15, -0.1) is 0 Å². The summed E-state index contributed by atoms with van der Waals surface area (Å²) in [6, 6.07) is 23.9. The van der Waals surface area contributed by atoms with Crippen molar-refractivity contribution < 1.29 is 4.74 Å². The van der Waals surface area contributed by atoms with Gasteiger partial charge in [-0.3, -0.25) is 0 Å². The van der Waals surface area contributed by atoms with E-state index in [1.165, 1.54) is 35.1 Å². The van der Waals surface area contributed by atoms with E-state index in [2.05, 4.69) is 93.1 Å². The van der Waals surface area contributed by atoms with Crippen molar-refractivity contribution in [2.45, 2.75) is 32.7 Å². The van der Waals surface area contributed by atoms with Gasteiger partial charge in [0.25, 0.3) is 0 Å². The van der Waals surface area contributed by atoms with Crippen molar-refractivity contribution in [3.63, 3.8) is 0 Å². The van der Waals surface area contributed by atoms with Crippen molar-refractivity contribution in [3.8, 4) is 16.9 Å². The fourth-order valence-electron chi connectivity index (χ4n) is 5.72. The third kappa shape index (κ3) is 4.70. The zero-order valence-electron chi connectivity index (χ0n) is 21.0. The Bertz CT molecular complexity index is 1380. The van der Waals surface area contributed by atoms with Gasteiger partial charge < -0.3 is 19.5 Å². The normalized spacial score (nSPS) is 18.0. The lowest BCUT2D eigenvalue weighted by molar-refractivity contribution is 0.143. The van der Waals surface area contributed by atoms with Crippen LogP contribution >= 0.6 is 0 Å². The van der Waals surface area contributed by atoms with Gasteiger partial charge in [0.1, 0.15) is 18.2 Å². The first-order valence-electron chi connectivity index (χ1n) is 13.1. The number of benzene rings is 3. The zero-order chi connectivity index (χ0) is 24.5. The Balaban J connectivity index is 1.19. The number of H-pyrrole nitrogens is 1.